The minimum atomic E-state index is -0.311. The highest BCUT2D eigenvalue weighted by atomic mass is 35.5. The topological polar surface area (TPSA) is 64.7 Å². The Morgan fingerprint density at radius 2 is 1.66 bits per heavy atom. The van der Waals surface area contributed by atoms with E-state index in [0.29, 0.717) is 37.5 Å². The maximum absolute atomic E-state index is 13.7. The van der Waals surface area contributed by atoms with Crippen LogP contribution >= 0.6 is 11.6 Å². The quantitative estimate of drug-likeness (QED) is 0.407. The zero-order chi connectivity index (χ0) is 27.1. The highest BCUT2D eigenvalue weighted by Gasteiger charge is 2.37. The molecular formula is C31H39ClN4O2. The summed E-state index contributed by atoms with van der Waals surface area (Å²) in [5.41, 5.74) is 2.21. The van der Waals surface area contributed by atoms with Crippen molar-refractivity contribution >= 4 is 34.2 Å². The van der Waals surface area contributed by atoms with Crippen molar-refractivity contribution in [3.8, 4) is 0 Å². The maximum atomic E-state index is 13.7. The van der Waals surface area contributed by atoms with E-state index in [1.807, 2.05) is 48.3 Å². The fourth-order valence-corrected chi connectivity index (χ4v) is 5.67. The lowest BCUT2D eigenvalue weighted by atomic mass is 9.97. The Bertz CT molecular complexity index is 1230. The molecule has 1 saturated heterocycles. The highest BCUT2D eigenvalue weighted by Crippen LogP contribution is 2.23. The van der Waals surface area contributed by atoms with Crippen molar-refractivity contribution in [2.75, 3.05) is 33.7 Å². The zero-order valence-electron chi connectivity index (χ0n) is 22.6. The van der Waals surface area contributed by atoms with Crippen molar-refractivity contribution in [3.63, 3.8) is 0 Å². The van der Waals surface area contributed by atoms with Crippen LogP contribution in [0.2, 0.25) is 5.02 Å². The van der Waals surface area contributed by atoms with Crippen LogP contribution in [0.5, 0.6) is 0 Å². The van der Waals surface area contributed by atoms with Crippen molar-refractivity contribution in [2.45, 2.75) is 50.7 Å². The van der Waals surface area contributed by atoms with Gasteiger partial charge in [0, 0.05) is 37.7 Å². The number of nitrogens with zero attached hydrogens (tertiary/aromatic N) is 2. The molecule has 3 aromatic rings. The van der Waals surface area contributed by atoms with E-state index in [2.05, 4.69) is 52.8 Å². The molecule has 2 N–H and O–H groups in total. The van der Waals surface area contributed by atoms with Crippen molar-refractivity contribution in [1.82, 2.24) is 20.4 Å². The van der Waals surface area contributed by atoms with Gasteiger partial charge in [0.05, 0.1) is 12.1 Å². The van der Waals surface area contributed by atoms with Gasteiger partial charge < -0.3 is 15.5 Å². The Morgan fingerprint density at radius 3 is 2.34 bits per heavy atom. The first-order valence-corrected chi connectivity index (χ1v) is 14.0. The first-order valence-electron chi connectivity index (χ1n) is 13.6. The summed E-state index contributed by atoms with van der Waals surface area (Å²) in [6.07, 6.45) is 3.11. The molecule has 1 heterocycles. The Hall–Kier alpha value is -2.93. The van der Waals surface area contributed by atoms with Gasteiger partial charge >= 0.3 is 0 Å². The molecule has 202 valence electrons. The zero-order valence-corrected chi connectivity index (χ0v) is 23.4. The maximum Gasteiger partial charge on any atom is 0.240 e. The second kappa shape index (κ2) is 13.2. The summed E-state index contributed by atoms with van der Waals surface area (Å²) in [6, 6.07) is 21.9. The van der Waals surface area contributed by atoms with Crippen LogP contribution in [-0.4, -0.2) is 73.5 Å². The van der Waals surface area contributed by atoms with Crippen LogP contribution < -0.4 is 10.6 Å². The molecule has 0 bridgehead atoms. The lowest BCUT2D eigenvalue weighted by molar-refractivity contribution is -0.140. The molecule has 0 spiro atoms. The van der Waals surface area contributed by atoms with Crippen molar-refractivity contribution < 1.29 is 9.59 Å². The average Bonchev–Trinajstić information content (AvgIpc) is 2.95. The number of carbonyl (C=O) groups is 2. The molecule has 0 aromatic heterocycles. The van der Waals surface area contributed by atoms with E-state index in [9.17, 15) is 9.59 Å². The highest BCUT2D eigenvalue weighted by molar-refractivity contribution is 6.30. The minimum Gasteiger partial charge on any atom is -0.358 e. The number of halogens is 1. The number of fused-ring (bicyclic) bond motifs is 1. The summed E-state index contributed by atoms with van der Waals surface area (Å²) < 4.78 is 0. The Kier molecular flexibility index (Phi) is 9.78. The Morgan fingerprint density at radius 1 is 0.947 bits per heavy atom. The monoisotopic (exact) mass is 534 g/mol. The first-order chi connectivity index (χ1) is 18.4. The first kappa shape index (κ1) is 28.1. The van der Waals surface area contributed by atoms with E-state index >= 15 is 0 Å². The lowest BCUT2D eigenvalue weighted by Crippen LogP contribution is -2.62. The van der Waals surface area contributed by atoms with Crippen LogP contribution in [0.3, 0.4) is 0 Å². The molecular weight excluding hydrogens is 496 g/mol. The Labute approximate surface area is 231 Å². The molecule has 1 aliphatic rings. The normalized spacial score (nSPS) is 17.8. The van der Waals surface area contributed by atoms with Gasteiger partial charge in [-0.15, -0.1) is 0 Å². The van der Waals surface area contributed by atoms with E-state index in [1.165, 1.54) is 10.8 Å². The van der Waals surface area contributed by atoms with Gasteiger partial charge in [-0.2, -0.15) is 0 Å². The van der Waals surface area contributed by atoms with Gasteiger partial charge in [-0.3, -0.25) is 14.5 Å². The molecule has 3 atom stereocenters. The van der Waals surface area contributed by atoms with Crippen molar-refractivity contribution in [2.24, 2.45) is 0 Å². The summed E-state index contributed by atoms with van der Waals surface area (Å²) in [7, 11) is 3.54. The summed E-state index contributed by atoms with van der Waals surface area (Å²) in [5.74, 6) is 0.135. The van der Waals surface area contributed by atoms with Gasteiger partial charge in [0.2, 0.25) is 11.8 Å². The summed E-state index contributed by atoms with van der Waals surface area (Å²) >= 11 is 6.04. The fourth-order valence-electron chi connectivity index (χ4n) is 5.55. The van der Waals surface area contributed by atoms with Gasteiger partial charge in [-0.25, -0.2) is 0 Å². The van der Waals surface area contributed by atoms with E-state index in [-0.39, 0.29) is 29.9 Å². The second-order valence-electron chi connectivity index (χ2n) is 10.2. The number of hydrogen-bond donors (Lipinski definition) is 2. The number of likely N-dealkylation sites (N-methyl/N-ethyl adjacent to an activating group) is 2. The molecule has 1 fully saturated rings. The number of carbonyl (C=O) groups excluding carboxylic acids is 2. The van der Waals surface area contributed by atoms with Crippen LogP contribution in [-0.2, 0) is 22.4 Å². The van der Waals surface area contributed by atoms with E-state index in [4.69, 9.17) is 11.6 Å². The van der Waals surface area contributed by atoms with Gasteiger partial charge in [0.25, 0.3) is 0 Å². The minimum absolute atomic E-state index is 0.0176. The molecule has 3 aromatic carbocycles. The van der Waals surface area contributed by atoms with E-state index in [0.717, 1.165) is 24.0 Å². The van der Waals surface area contributed by atoms with Gasteiger partial charge in [0.15, 0.2) is 0 Å². The molecule has 0 aliphatic carbocycles. The van der Waals surface area contributed by atoms with Crippen molar-refractivity contribution in [3.05, 3.63) is 82.9 Å². The fraction of sp³-hybridized carbons (Fsp3) is 0.419. The standard InChI is InChI=1S/C31H39ClN4O2/c1-4-7-27-21-35(16-17-36(27)31(38)28(33-2)19-22-11-14-26(32)15-12-22)29(30(37)34-3)20-23-10-13-24-8-5-6-9-25(24)18-23/h5-6,8-15,18,27-29,33H,4,7,16-17,19-21H2,1-3H3,(H,34,37). The third kappa shape index (κ3) is 6.73. The molecule has 6 nitrogen and oxygen atoms in total. The van der Waals surface area contributed by atoms with Crippen molar-refractivity contribution in [1.29, 1.82) is 0 Å². The summed E-state index contributed by atoms with van der Waals surface area (Å²) in [5, 5.41) is 9.17. The largest absolute Gasteiger partial charge is 0.358 e. The third-order valence-corrected chi connectivity index (χ3v) is 7.90. The molecule has 7 heteroatoms. The van der Waals surface area contributed by atoms with Crippen LogP contribution in [0.4, 0.5) is 0 Å². The van der Waals surface area contributed by atoms with E-state index in [1.54, 1.807) is 7.05 Å². The summed E-state index contributed by atoms with van der Waals surface area (Å²) in [6.45, 7) is 4.10. The molecule has 38 heavy (non-hydrogen) atoms. The predicted octanol–water partition coefficient (Wildman–Crippen LogP) is 4.29. The van der Waals surface area contributed by atoms with Gasteiger partial charge in [-0.1, -0.05) is 79.5 Å². The van der Waals surface area contributed by atoms with Crippen LogP contribution in [0, 0.1) is 0 Å². The predicted molar refractivity (Wildman–Crippen MR) is 155 cm³/mol. The van der Waals surface area contributed by atoms with Gasteiger partial charge in [0.1, 0.15) is 0 Å². The smallest absolute Gasteiger partial charge is 0.240 e. The summed E-state index contributed by atoms with van der Waals surface area (Å²) in [4.78, 5) is 31.1. The Balaban J connectivity index is 1.49. The second-order valence-corrected chi connectivity index (χ2v) is 10.6. The van der Waals surface area contributed by atoms with E-state index < -0.39 is 0 Å². The lowest BCUT2D eigenvalue weighted by Gasteiger charge is -2.45. The van der Waals surface area contributed by atoms with Crippen LogP contribution in [0.25, 0.3) is 10.8 Å². The average molecular weight is 535 g/mol. The number of hydrogen-bond acceptors (Lipinski definition) is 4. The van der Waals surface area contributed by atoms with Crippen LogP contribution in [0.15, 0.2) is 66.7 Å². The molecule has 1 aliphatic heterocycles. The molecule has 3 unspecified atom stereocenters. The molecule has 0 radical (unpaired) electrons. The SMILES string of the molecule is CCCC1CN(C(Cc2ccc3ccccc3c2)C(=O)NC)CCN1C(=O)C(Cc1ccc(Cl)cc1)NC. The number of amides is 2. The van der Waals surface area contributed by atoms with Crippen LogP contribution in [0.1, 0.15) is 30.9 Å². The number of benzene rings is 3. The molecule has 2 amide bonds. The third-order valence-electron chi connectivity index (χ3n) is 7.65. The van der Waals surface area contributed by atoms with Gasteiger partial charge in [-0.05, 0) is 60.3 Å². The number of piperazine rings is 1. The number of rotatable bonds is 10. The molecule has 0 saturated carbocycles. The molecule has 4 rings (SSSR count). The number of nitrogens with one attached hydrogen (secondary N) is 2.